The summed E-state index contributed by atoms with van der Waals surface area (Å²) in [6.07, 6.45) is 3.91. The molecule has 4 aromatic heterocycles. The molecule has 4 aromatic rings. The molecule has 0 bridgehead atoms. The zero-order chi connectivity index (χ0) is 23.5. The van der Waals surface area contributed by atoms with Gasteiger partial charge in [-0.1, -0.05) is 0 Å². The third kappa shape index (κ3) is 4.44. The number of nitrogens with zero attached hydrogens (tertiary/aromatic N) is 4. The van der Waals surface area contributed by atoms with Crippen molar-refractivity contribution in [2.24, 2.45) is 0 Å². The van der Waals surface area contributed by atoms with Crippen molar-refractivity contribution in [3.05, 3.63) is 82.5 Å². The van der Waals surface area contributed by atoms with Gasteiger partial charge in [0.2, 0.25) is 0 Å². The van der Waals surface area contributed by atoms with E-state index in [2.05, 4.69) is 25.3 Å². The minimum atomic E-state index is -3.08. The van der Waals surface area contributed by atoms with E-state index in [-0.39, 0.29) is 45.3 Å². The fourth-order valence-corrected chi connectivity index (χ4v) is 3.07. The molecule has 33 heavy (non-hydrogen) atoms. The molecule has 0 aliphatic heterocycles. The Morgan fingerprint density at radius 1 is 1.15 bits per heavy atom. The van der Waals surface area contributed by atoms with Crippen LogP contribution >= 0.6 is 0 Å². The number of anilines is 1. The van der Waals surface area contributed by atoms with E-state index in [1.165, 1.54) is 24.4 Å². The average molecular weight is 455 g/mol. The number of rotatable bonds is 6. The molecule has 4 heterocycles. The lowest BCUT2D eigenvalue weighted by atomic mass is 10.1. The number of aromatic amines is 1. The van der Waals surface area contributed by atoms with Crippen molar-refractivity contribution in [3.8, 4) is 22.6 Å². The molecule has 9 nitrogen and oxygen atoms in total. The van der Waals surface area contributed by atoms with Gasteiger partial charge in [-0.2, -0.15) is 8.78 Å². The molecule has 4 N–H and O–H groups in total. The number of alkyl halides is 2. The van der Waals surface area contributed by atoms with Crippen LogP contribution in [0.5, 0.6) is 0 Å². The highest BCUT2D eigenvalue weighted by Gasteiger charge is 2.22. The van der Waals surface area contributed by atoms with E-state index in [1.54, 1.807) is 18.3 Å². The molecule has 1 amide bonds. The Kier molecular flexibility index (Phi) is 5.89. The fraction of sp³-hybridized carbons (Fsp3) is 0.0952. The van der Waals surface area contributed by atoms with Gasteiger partial charge in [0.05, 0.1) is 17.9 Å². The van der Waals surface area contributed by atoms with Crippen LogP contribution in [0.3, 0.4) is 0 Å². The van der Waals surface area contributed by atoms with Gasteiger partial charge >= 0.3 is 6.55 Å². The number of H-pyrrole nitrogens is 1. The molecule has 0 atom stereocenters. The van der Waals surface area contributed by atoms with E-state index < -0.39 is 23.8 Å². The van der Waals surface area contributed by atoms with Crippen molar-refractivity contribution in [3.63, 3.8) is 0 Å². The fourth-order valence-electron chi connectivity index (χ4n) is 3.07. The van der Waals surface area contributed by atoms with Crippen LogP contribution in [-0.2, 0) is 6.54 Å². The summed E-state index contributed by atoms with van der Waals surface area (Å²) in [5, 5.41) is 2.46. The van der Waals surface area contributed by atoms with E-state index in [9.17, 15) is 22.8 Å². The zero-order valence-corrected chi connectivity index (χ0v) is 16.8. The monoisotopic (exact) mass is 455 g/mol. The van der Waals surface area contributed by atoms with Crippen LogP contribution in [-0.4, -0.2) is 30.4 Å². The van der Waals surface area contributed by atoms with Crippen LogP contribution in [0.15, 0.2) is 59.8 Å². The molecule has 0 aliphatic carbocycles. The molecule has 0 fully saturated rings. The molecular formula is C21H16F3N7O2. The van der Waals surface area contributed by atoms with Gasteiger partial charge in [-0.05, 0) is 30.3 Å². The molecule has 0 saturated carbocycles. The summed E-state index contributed by atoms with van der Waals surface area (Å²) >= 11 is 0. The highest BCUT2D eigenvalue weighted by atomic mass is 19.3. The average Bonchev–Trinajstić information content (AvgIpc) is 3.33. The lowest BCUT2D eigenvalue weighted by molar-refractivity contribution is 0.0665. The molecule has 12 heteroatoms. The number of nitrogens with one attached hydrogen (secondary N) is 2. The lowest BCUT2D eigenvalue weighted by Gasteiger charge is -2.13. The van der Waals surface area contributed by atoms with E-state index in [4.69, 9.17) is 5.73 Å². The van der Waals surface area contributed by atoms with Gasteiger partial charge in [0, 0.05) is 30.2 Å². The van der Waals surface area contributed by atoms with Crippen LogP contribution in [0, 0.1) is 5.82 Å². The van der Waals surface area contributed by atoms with Gasteiger partial charge < -0.3 is 16.0 Å². The number of carbonyl (C=O) groups excluding carboxylic acids is 1. The summed E-state index contributed by atoms with van der Waals surface area (Å²) in [6, 6.07) is 8.19. The van der Waals surface area contributed by atoms with E-state index in [1.807, 2.05) is 0 Å². The number of halogens is 3. The Balaban J connectivity index is 1.77. The number of hydrogen-bond donors (Lipinski definition) is 3. The highest BCUT2D eigenvalue weighted by molar-refractivity contribution is 5.97. The van der Waals surface area contributed by atoms with E-state index >= 15 is 0 Å². The highest BCUT2D eigenvalue weighted by Crippen LogP contribution is 2.30. The normalized spacial score (nSPS) is 11.0. The number of nitrogens with two attached hydrogens (primary N) is 1. The van der Waals surface area contributed by atoms with Crippen molar-refractivity contribution in [2.45, 2.75) is 13.1 Å². The van der Waals surface area contributed by atoms with Crippen molar-refractivity contribution in [1.29, 1.82) is 0 Å². The largest absolute Gasteiger partial charge is 0.382 e. The second kappa shape index (κ2) is 8.94. The van der Waals surface area contributed by atoms with Crippen molar-refractivity contribution in [1.82, 2.24) is 29.8 Å². The summed E-state index contributed by atoms with van der Waals surface area (Å²) in [4.78, 5) is 39.8. The number of pyridine rings is 2. The number of nitrogen functional groups attached to an aromatic ring is 1. The SMILES string of the molecule is Nc1nc(-c2ccc[nH]2)c(-c2ccc(=O)n(C(F)F)c2)nc1C(=O)NCc1ncccc1F. The molecular weight excluding hydrogens is 439 g/mol. The van der Waals surface area contributed by atoms with Crippen molar-refractivity contribution in [2.75, 3.05) is 5.73 Å². The Morgan fingerprint density at radius 2 is 1.97 bits per heavy atom. The Bertz CT molecular complexity index is 1370. The summed E-state index contributed by atoms with van der Waals surface area (Å²) < 4.78 is 40.6. The summed E-state index contributed by atoms with van der Waals surface area (Å²) in [5.74, 6) is -1.61. The third-order valence-electron chi connectivity index (χ3n) is 4.66. The predicted molar refractivity (Wildman–Crippen MR) is 113 cm³/mol. The molecule has 0 aliphatic rings. The minimum absolute atomic E-state index is 0.00428. The zero-order valence-electron chi connectivity index (χ0n) is 16.8. The smallest absolute Gasteiger partial charge is 0.321 e. The summed E-state index contributed by atoms with van der Waals surface area (Å²) in [6.45, 7) is -3.32. The number of amides is 1. The first kappa shape index (κ1) is 21.7. The maximum absolute atomic E-state index is 13.8. The quantitative estimate of drug-likeness (QED) is 0.410. The lowest BCUT2D eigenvalue weighted by Crippen LogP contribution is -2.27. The minimum Gasteiger partial charge on any atom is -0.382 e. The Hall–Kier alpha value is -4.48. The first-order chi connectivity index (χ1) is 15.8. The van der Waals surface area contributed by atoms with Gasteiger partial charge in [-0.15, -0.1) is 0 Å². The second-order valence-electron chi connectivity index (χ2n) is 6.79. The van der Waals surface area contributed by atoms with Gasteiger partial charge in [-0.3, -0.25) is 19.1 Å². The van der Waals surface area contributed by atoms with Crippen LogP contribution in [0.4, 0.5) is 19.0 Å². The first-order valence-corrected chi connectivity index (χ1v) is 9.54. The number of aromatic nitrogens is 5. The van der Waals surface area contributed by atoms with Crippen LogP contribution in [0.25, 0.3) is 22.6 Å². The molecule has 168 valence electrons. The van der Waals surface area contributed by atoms with Crippen molar-refractivity contribution >= 4 is 11.7 Å². The van der Waals surface area contributed by atoms with E-state index in [0.717, 1.165) is 12.3 Å². The molecule has 0 aromatic carbocycles. The standard InChI is InChI=1S/C21H16F3N7O2/c22-12-3-1-7-27-14(12)9-28-20(33)18-19(25)30-17(13-4-2-8-26-13)16(29-18)11-5-6-15(32)31(10-11)21(23)24/h1-8,10,21,26H,9H2,(H2,25,30)(H,28,33). The van der Waals surface area contributed by atoms with Gasteiger partial charge in [0.15, 0.2) is 11.5 Å². The molecule has 0 unspecified atom stereocenters. The molecule has 0 spiro atoms. The summed E-state index contributed by atoms with van der Waals surface area (Å²) in [5.41, 5.74) is 5.55. The Labute approximate surface area is 184 Å². The number of hydrogen-bond acceptors (Lipinski definition) is 6. The Morgan fingerprint density at radius 3 is 2.67 bits per heavy atom. The van der Waals surface area contributed by atoms with Crippen molar-refractivity contribution < 1.29 is 18.0 Å². The second-order valence-corrected chi connectivity index (χ2v) is 6.79. The van der Waals surface area contributed by atoms with Crippen LogP contribution < -0.4 is 16.6 Å². The maximum Gasteiger partial charge on any atom is 0.321 e. The van der Waals surface area contributed by atoms with Crippen LogP contribution in [0.1, 0.15) is 22.7 Å². The molecule has 0 radical (unpaired) electrons. The van der Waals surface area contributed by atoms with Gasteiger partial charge in [0.1, 0.15) is 17.2 Å². The first-order valence-electron chi connectivity index (χ1n) is 9.54. The maximum atomic E-state index is 13.8. The van der Waals surface area contributed by atoms with E-state index in [0.29, 0.717) is 5.69 Å². The molecule has 4 rings (SSSR count). The van der Waals surface area contributed by atoms with Gasteiger partial charge in [0.25, 0.3) is 11.5 Å². The predicted octanol–water partition coefficient (Wildman–Crippen LogP) is 2.74. The topological polar surface area (TPSA) is 132 Å². The van der Waals surface area contributed by atoms with Gasteiger partial charge in [-0.25, -0.2) is 14.4 Å². The summed E-state index contributed by atoms with van der Waals surface area (Å²) in [7, 11) is 0. The van der Waals surface area contributed by atoms with Crippen LogP contribution in [0.2, 0.25) is 0 Å². The number of carbonyl (C=O) groups is 1. The third-order valence-corrected chi connectivity index (χ3v) is 4.66. The molecule has 0 saturated heterocycles.